The van der Waals surface area contributed by atoms with E-state index in [2.05, 4.69) is 0 Å². The second-order valence-electron chi connectivity index (χ2n) is 2.93. The number of aliphatic carboxylic acids is 1. The van der Waals surface area contributed by atoms with Crippen LogP contribution >= 0.6 is 0 Å². The number of carbonyl (C=O) groups is 1. The van der Waals surface area contributed by atoms with Gasteiger partial charge < -0.3 is 10.2 Å². The average Bonchev–Trinajstić information content (AvgIpc) is 1.62. The molecule has 0 saturated heterocycles. The fraction of sp³-hybridized carbons (Fsp3) is 0.833. The molecule has 1 rings (SSSR count). The maximum Gasteiger partial charge on any atom is 0.309 e. The van der Waals surface area contributed by atoms with Crippen LogP contribution in [0.1, 0.15) is 19.8 Å². The molecule has 0 aromatic rings. The average molecular weight is 130 g/mol. The Bertz CT molecular complexity index is 135. The maximum atomic E-state index is 10.3. The number of carboxylic acid groups (broad SMARTS) is 1. The molecule has 0 spiro atoms. The molecule has 0 aliphatic heterocycles. The zero-order valence-corrected chi connectivity index (χ0v) is 5.29. The lowest BCUT2D eigenvalue weighted by Crippen LogP contribution is -2.44. The van der Waals surface area contributed by atoms with E-state index >= 15 is 0 Å². The molecule has 1 aliphatic rings. The molecule has 0 aromatic heterocycles. The minimum Gasteiger partial charge on any atom is -0.481 e. The van der Waals surface area contributed by atoms with E-state index in [4.69, 9.17) is 10.2 Å². The van der Waals surface area contributed by atoms with Gasteiger partial charge in [-0.1, -0.05) is 0 Å². The van der Waals surface area contributed by atoms with Crippen LogP contribution in [-0.4, -0.2) is 22.3 Å². The van der Waals surface area contributed by atoms with E-state index in [-0.39, 0.29) is 6.10 Å². The van der Waals surface area contributed by atoms with Crippen molar-refractivity contribution in [1.82, 2.24) is 0 Å². The van der Waals surface area contributed by atoms with Crippen LogP contribution in [0.3, 0.4) is 0 Å². The predicted octanol–water partition coefficient (Wildman–Crippen LogP) is 0.232. The lowest BCUT2D eigenvalue weighted by molar-refractivity contribution is -0.160. The summed E-state index contributed by atoms with van der Waals surface area (Å²) in [6, 6.07) is 0. The lowest BCUT2D eigenvalue weighted by atomic mass is 9.68. The lowest BCUT2D eigenvalue weighted by Gasteiger charge is -2.38. The Morgan fingerprint density at radius 2 is 2.11 bits per heavy atom. The van der Waals surface area contributed by atoms with Crippen molar-refractivity contribution in [3.05, 3.63) is 0 Å². The third kappa shape index (κ3) is 0.920. The second kappa shape index (κ2) is 1.70. The molecule has 0 bridgehead atoms. The summed E-state index contributed by atoms with van der Waals surface area (Å²) in [4.78, 5) is 10.3. The van der Waals surface area contributed by atoms with Crippen molar-refractivity contribution in [3.8, 4) is 0 Å². The highest BCUT2D eigenvalue weighted by Gasteiger charge is 2.45. The molecular formula is C6H10O3. The summed E-state index contributed by atoms with van der Waals surface area (Å²) in [7, 11) is 0. The zero-order valence-electron chi connectivity index (χ0n) is 5.29. The molecule has 0 heterocycles. The Kier molecular flexibility index (Phi) is 1.24. The molecule has 52 valence electrons. The fourth-order valence-electron chi connectivity index (χ4n) is 1.15. The molecular weight excluding hydrogens is 120 g/mol. The van der Waals surface area contributed by atoms with Crippen LogP contribution < -0.4 is 0 Å². The first-order valence-electron chi connectivity index (χ1n) is 2.96. The number of aliphatic hydroxyl groups excluding tert-OH is 1. The molecule has 1 aliphatic carbocycles. The van der Waals surface area contributed by atoms with Gasteiger partial charge in [0.2, 0.25) is 0 Å². The number of carboxylic acids is 1. The standard InChI is InChI=1S/C6H10O3/c1-6(5(8)9)2-4(7)3-6/h4,7H,2-3H2,1H3,(H,8,9). The Balaban J connectivity index is 2.50. The molecule has 0 atom stereocenters. The van der Waals surface area contributed by atoms with E-state index in [9.17, 15) is 4.79 Å². The van der Waals surface area contributed by atoms with Gasteiger partial charge >= 0.3 is 5.97 Å². The Morgan fingerprint density at radius 1 is 1.67 bits per heavy atom. The van der Waals surface area contributed by atoms with Gasteiger partial charge in [-0.3, -0.25) is 4.79 Å². The van der Waals surface area contributed by atoms with Crippen LogP contribution in [0.15, 0.2) is 0 Å². The summed E-state index contributed by atoms with van der Waals surface area (Å²) in [5, 5.41) is 17.3. The SMILES string of the molecule is CC1(C(=O)O)CC(O)C1. The Morgan fingerprint density at radius 3 is 2.22 bits per heavy atom. The summed E-state index contributed by atoms with van der Waals surface area (Å²) < 4.78 is 0. The van der Waals surface area contributed by atoms with E-state index in [1.54, 1.807) is 6.92 Å². The van der Waals surface area contributed by atoms with Crippen LogP contribution in [0.25, 0.3) is 0 Å². The van der Waals surface area contributed by atoms with Crippen molar-refractivity contribution >= 4 is 5.97 Å². The molecule has 1 saturated carbocycles. The van der Waals surface area contributed by atoms with E-state index < -0.39 is 11.4 Å². The molecule has 3 nitrogen and oxygen atoms in total. The first kappa shape index (κ1) is 6.55. The summed E-state index contributed by atoms with van der Waals surface area (Å²) >= 11 is 0. The molecule has 2 N–H and O–H groups in total. The van der Waals surface area contributed by atoms with Crippen molar-refractivity contribution in [3.63, 3.8) is 0 Å². The van der Waals surface area contributed by atoms with Crippen molar-refractivity contribution in [2.45, 2.75) is 25.9 Å². The number of aliphatic hydroxyl groups is 1. The van der Waals surface area contributed by atoms with Crippen LogP contribution in [0.2, 0.25) is 0 Å². The summed E-state index contributed by atoms with van der Waals surface area (Å²) in [6.45, 7) is 1.65. The van der Waals surface area contributed by atoms with Crippen molar-refractivity contribution < 1.29 is 15.0 Å². The van der Waals surface area contributed by atoms with Crippen LogP contribution in [-0.2, 0) is 4.79 Å². The molecule has 1 fully saturated rings. The van der Waals surface area contributed by atoms with E-state index in [1.165, 1.54) is 0 Å². The van der Waals surface area contributed by atoms with Crippen molar-refractivity contribution in [2.24, 2.45) is 5.41 Å². The highest BCUT2D eigenvalue weighted by Crippen LogP contribution is 2.40. The summed E-state index contributed by atoms with van der Waals surface area (Å²) in [5.41, 5.74) is -0.639. The number of hydrogen-bond acceptors (Lipinski definition) is 2. The number of hydrogen-bond donors (Lipinski definition) is 2. The molecule has 0 amide bonds. The maximum absolute atomic E-state index is 10.3. The topological polar surface area (TPSA) is 57.5 Å². The van der Waals surface area contributed by atoms with E-state index in [0.717, 1.165) is 0 Å². The summed E-state index contributed by atoms with van der Waals surface area (Å²) in [5.74, 6) is -0.798. The van der Waals surface area contributed by atoms with E-state index in [1.807, 2.05) is 0 Å². The molecule has 0 unspecified atom stereocenters. The molecule has 9 heavy (non-hydrogen) atoms. The van der Waals surface area contributed by atoms with Gasteiger partial charge in [-0.25, -0.2) is 0 Å². The van der Waals surface area contributed by atoms with Gasteiger partial charge in [0.1, 0.15) is 0 Å². The van der Waals surface area contributed by atoms with E-state index in [0.29, 0.717) is 12.8 Å². The summed E-state index contributed by atoms with van der Waals surface area (Å²) in [6.07, 6.45) is 0.427. The third-order valence-corrected chi connectivity index (χ3v) is 1.89. The first-order valence-corrected chi connectivity index (χ1v) is 2.96. The monoisotopic (exact) mass is 130 g/mol. The highest BCUT2D eigenvalue weighted by atomic mass is 16.4. The molecule has 0 radical (unpaired) electrons. The normalized spacial score (nSPS) is 41.8. The first-order chi connectivity index (χ1) is 4.04. The molecule has 3 heteroatoms. The number of rotatable bonds is 1. The van der Waals surface area contributed by atoms with Crippen LogP contribution in [0.4, 0.5) is 0 Å². The fourth-order valence-corrected chi connectivity index (χ4v) is 1.15. The van der Waals surface area contributed by atoms with Crippen molar-refractivity contribution in [1.29, 1.82) is 0 Å². The van der Waals surface area contributed by atoms with Gasteiger partial charge in [0.25, 0.3) is 0 Å². The van der Waals surface area contributed by atoms with Gasteiger partial charge in [0, 0.05) is 0 Å². The van der Waals surface area contributed by atoms with Gasteiger partial charge in [-0.15, -0.1) is 0 Å². The van der Waals surface area contributed by atoms with Crippen LogP contribution in [0.5, 0.6) is 0 Å². The van der Waals surface area contributed by atoms with Crippen LogP contribution in [0, 0.1) is 5.41 Å². The Labute approximate surface area is 53.3 Å². The zero-order chi connectivity index (χ0) is 7.07. The van der Waals surface area contributed by atoms with Crippen molar-refractivity contribution in [2.75, 3.05) is 0 Å². The van der Waals surface area contributed by atoms with Gasteiger partial charge in [-0.05, 0) is 19.8 Å². The van der Waals surface area contributed by atoms with Gasteiger partial charge in [0.15, 0.2) is 0 Å². The van der Waals surface area contributed by atoms with Gasteiger partial charge in [0.05, 0.1) is 11.5 Å². The predicted molar refractivity (Wildman–Crippen MR) is 31.0 cm³/mol. The van der Waals surface area contributed by atoms with Gasteiger partial charge in [-0.2, -0.15) is 0 Å². The highest BCUT2D eigenvalue weighted by molar-refractivity contribution is 5.75. The minimum absolute atomic E-state index is 0.383. The largest absolute Gasteiger partial charge is 0.481 e. The Hall–Kier alpha value is -0.570. The molecule has 0 aromatic carbocycles. The second-order valence-corrected chi connectivity index (χ2v) is 2.93. The quantitative estimate of drug-likeness (QED) is 0.534. The third-order valence-electron chi connectivity index (χ3n) is 1.89. The smallest absolute Gasteiger partial charge is 0.309 e. The minimum atomic E-state index is -0.798.